The number of aryl methyl sites for hydroxylation is 1. The molecule has 1 amide bonds. The molecule has 1 aliphatic heterocycles. The van der Waals surface area contributed by atoms with E-state index in [0.717, 1.165) is 24.8 Å². The van der Waals surface area contributed by atoms with E-state index in [0.29, 0.717) is 24.3 Å². The molecular weight excluding hydrogens is 336 g/mol. The van der Waals surface area contributed by atoms with Gasteiger partial charge in [-0.05, 0) is 42.5 Å². The van der Waals surface area contributed by atoms with E-state index in [1.165, 1.54) is 5.56 Å². The molecule has 1 aliphatic rings. The third-order valence-corrected chi connectivity index (χ3v) is 4.85. The number of nitrogens with one attached hydrogen (secondary N) is 1. The minimum absolute atomic E-state index is 0.00252. The standard InChI is InChI=1S/C23H24N2O2/c1-17-15-21(22(27-17)20-12-10-19(16-24)11-13-20)23(26)25-14-6-5-9-18-7-3-2-4-8-18/h2-4,7-8,10-13,21-22H,1,5-6,9,14-15H2,(H,25,26)/t21-,22?/m0/s1. The summed E-state index contributed by atoms with van der Waals surface area (Å²) in [4.78, 5) is 12.6. The van der Waals surface area contributed by atoms with Crippen LogP contribution in [0.15, 0.2) is 66.9 Å². The minimum Gasteiger partial charge on any atom is -0.490 e. The normalized spacial score (nSPS) is 18.6. The van der Waals surface area contributed by atoms with Crippen LogP contribution in [0.2, 0.25) is 0 Å². The van der Waals surface area contributed by atoms with Gasteiger partial charge in [0, 0.05) is 13.0 Å². The summed E-state index contributed by atoms with van der Waals surface area (Å²) in [6, 6.07) is 19.7. The van der Waals surface area contributed by atoms with E-state index in [4.69, 9.17) is 10.00 Å². The van der Waals surface area contributed by atoms with Crippen LogP contribution in [0.3, 0.4) is 0 Å². The number of rotatable bonds is 7. The predicted molar refractivity (Wildman–Crippen MR) is 105 cm³/mol. The molecule has 0 radical (unpaired) electrons. The maximum Gasteiger partial charge on any atom is 0.227 e. The Bertz CT molecular complexity index is 822. The quantitative estimate of drug-likeness (QED) is 0.749. The molecule has 0 saturated carbocycles. The number of allylic oxidation sites excluding steroid dienone is 1. The van der Waals surface area contributed by atoms with Gasteiger partial charge in [-0.25, -0.2) is 0 Å². The summed E-state index contributed by atoms with van der Waals surface area (Å²) in [7, 11) is 0. The molecule has 138 valence electrons. The van der Waals surface area contributed by atoms with Gasteiger partial charge in [0.15, 0.2) is 0 Å². The van der Waals surface area contributed by atoms with Crippen molar-refractivity contribution < 1.29 is 9.53 Å². The number of unbranched alkanes of at least 4 members (excludes halogenated alkanes) is 1. The van der Waals surface area contributed by atoms with Gasteiger partial charge in [-0.1, -0.05) is 49.0 Å². The third-order valence-electron chi connectivity index (χ3n) is 4.85. The Hall–Kier alpha value is -3.06. The molecule has 0 aliphatic carbocycles. The van der Waals surface area contributed by atoms with Gasteiger partial charge in [-0.2, -0.15) is 5.26 Å². The predicted octanol–water partition coefficient (Wildman–Crippen LogP) is 4.29. The smallest absolute Gasteiger partial charge is 0.227 e. The fourth-order valence-corrected chi connectivity index (χ4v) is 3.38. The van der Waals surface area contributed by atoms with Crippen molar-refractivity contribution in [3.8, 4) is 6.07 Å². The molecular formula is C23H24N2O2. The summed E-state index contributed by atoms with van der Waals surface area (Å²) in [6.45, 7) is 4.55. The van der Waals surface area contributed by atoms with Gasteiger partial charge in [0.05, 0.1) is 23.3 Å². The third kappa shape index (κ3) is 4.98. The van der Waals surface area contributed by atoms with Gasteiger partial charge in [0.1, 0.15) is 6.10 Å². The summed E-state index contributed by atoms with van der Waals surface area (Å²) in [5.74, 6) is 0.357. The molecule has 0 bridgehead atoms. The van der Waals surface area contributed by atoms with Crippen LogP contribution in [0.25, 0.3) is 0 Å². The van der Waals surface area contributed by atoms with Gasteiger partial charge in [0.2, 0.25) is 5.91 Å². The topological polar surface area (TPSA) is 62.1 Å². The lowest BCUT2D eigenvalue weighted by Gasteiger charge is -2.18. The highest BCUT2D eigenvalue weighted by Gasteiger charge is 2.37. The molecule has 2 aromatic rings. The molecule has 1 saturated heterocycles. The van der Waals surface area contributed by atoms with Crippen LogP contribution in [0.4, 0.5) is 0 Å². The second-order valence-electron chi connectivity index (χ2n) is 6.86. The molecule has 2 aromatic carbocycles. The van der Waals surface area contributed by atoms with Crippen molar-refractivity contribution >= 4 is 5.91 Å². The maximum atomic E-state index is 12.6. The number of nitriles is 1. The lowest BCUT2D eigenvalue weighted by atomic mass is 9.93. The number of benzene rings is 2. The van der Waals surface area contributed by atoms with Crippen molar-refractivity contribution in [2.24, 2.45) is 5.92 Å². The summed E-state index contributed by atoms with van der Waals surface area (Å²) in [5.41, 5.74) is 2.82. The van der Waals surface area contributed by atoms with Gasteiger partial charge < -0.3 is 10.1 Å². The van der Waals surface area contributed by atoms with Crippen LogP contribution in [0.1, 0.15) is 42.1 Å². The fraction of sp³-hybridized carbons (Fsp3) is 0.304. The van der Waals surface area contributed by atoms with Crippen LogP contribution >= 0.6 is 0 Å². The molecule has 4 heteroatoms. The highest BCUT2D eigenvalue weighted by atomic mass is 16.5. The number of carbonyl (C=O) groups excluding carboxylic acids is 1. The number of hydrogen-bond donors (Lipinski definition) is 1. The highest BCUT2D eigenvalue weighted by Crippen LogP contribution is 2.39. The van der Waals surface area contributed by atoms with Gasteiger partial charge >= 0.3 is 0 Å². The Morgan fingerprint density at radius 1 is 1.15 bits per heavy atom. The van der Waals surface area contributed by atoms with E-state index in [1.54, 1.807) is 12.1 Å². The number of carbonyl (C=O) groups is 1. The first-order valence-corrected chi connectivity index (χ1v) is 9.33. The molecule has 4 nitrogen and oxygen atoms in total. The second kappa shape index (κ2) is 9.05. The van der Waals surface area contributed by atoms with Crippen LogP contribution < -0.4 is 5.32 Å². The Balaban J connectivity index is 1.50. The summed E-state index contributed by atoms with van der Waals surface area (Å²) < 4.78 is 5.80. The lowest BCUT2D eigenvalue weighted by Crippen LogP contribution is -2.33. The zero-order valence-electron chi connectivity index (χ0n) is 15.4. The molecule has 2 atom stereocenters. The highest BCUT2D eigenvalue weighted by molar-refractivity contribution is 5.80. The largest absolute Gasteiger partial charge is 0.490 e. The molecule has 0 aromatic heterocycles. The fourth-order valence-electron chi connectivity index (χ4n) is 3.38. The number of amides is 1. The first-order chi connectivity index (χ1) is 13.2. The van der Waals surface area contributed by atoms with Crippen molar-refractivity contribution in [1.29, 1.82) is 5.26 Å². The van der Waals surface area contributed by atoms with Crippen LogP contribution in [0.5, 0.6) is 0 Å². The Morgan fingerprint density at radius 3 is 2.59 bits per heavy atom. The minimum atomic E-state index is -0.338. The number of hydrogen-bond acceptors (Lipinski definition) is 3. The number of ether oxygens (including phenoxy) is 1. The summed E-state index contributed by atoms with van der Waals surface area (Å²) in [6.07, 6.45) is 3.19. The average Bonchev–Trinajstić information content (AvgIpc) is 3.10. The Labute approximate surface area is 160 Å². The molecule has 1 fully saturated rings. The van der Waals surface area contributed by atoms with E-state index in [2.05, 4.69) is 30.1 Å². The molecule has 27 heavy (non-hydrogen) atoms. The van der Waals surface area contributed by atoms with Crippen LogP contribution in [-0.2, 0) is 16.0 Å². The van der Waals surface area contributed by atoms with E-state index < -0.39 is 0 Å². The van der Waals surface area contributed by atoms with Crippen molar-refractivity contribution in [2.45, 2.75) is 31.8 Å². The van der Waals surface area contributed by atoms with E-state index in [1.807, 2.05) is 30.3 Å². The summed E-state index contributed by atoms with van der Waals surface area (Å²) >= 11 is 0. The van der Waals surface area contributed by atoms with Gasteiger partial charge in [-0.3, -0.25) is 4.79 Å². The first-order valence-electron chi connectivity index (χ1n) is 9.33. The Kier molecular flexibility index (Phi) is 6.27. The zero-order chi connectivity index (χ0) is 19.1. The SMILES string of the molecule is C=C1C[C@H](C(=O)NCCCCc2ccccc2)C(c2ccc(C#N)cc2)O1. The van der Waals surface area contributed by atoms with Gasteiger partial charge in [0.25, 0.3) is 0 Å². The molecule has 3 rings (SSSR count). The second-order valence-corrected chi connectivity index (χ2v) is 6.86. The van der Waals surface area contributed by atoms with Crippen molar-refractivity contribution in [2.75, 3.05) is 6.54 Å². The molecule has 0 spiro atoms. The lowest BCUT2D eigenvalue weighted by molar-refractivity contribution is -0.126. The van der Waals surface area contributed by atoms with Crippen LogP contribution in [-0.4, -0.2) is 12.5 Å². The van der Waals surface area contributed by atoms with Crippen molar-refractivity contribution in [1.82, 2.24) is 5.32 Å². The average molecular weight is 360 g/mol. The first kappa shape index (κ1) is 18.7. The van der Waals surface area contributed by atoms with Crippen molar-refractivity contribution in [3.05, 3.63) is 83.6 Å². The number of nitrogens with zero attached hydrogens (tertiary/aromatic N) is 1. The molecule has 1 N–H and O–H groups in total. The van der Waals surface area contributed by atoms with Crippen LogP contribution in [0, 0.1) is 17.2 Å². The Morgan fingerprint density at radius 2 is 1.89 bits per heavy atom. The van der Waals surface area contributed by atoms with E-state index >= 15 is 0 Å². The molecule has 1 unspecified atom stereocenters. The van der Waals surface area contributed by atoms with Crippen molar-refractivity contribution in [3.63, 3.8) is 0 Å². The summed E-state index contributed by atoms with van der Waals surface area (Å²) in [5, 5.41) is 12.0. The molecule has 1 heterocycles. The zero-order valence-corrected chi connectivity index (χ0v) is 15.4. The van der Waals surface area contributed by atoms with E-state index in [-0.39, 0.29) is 17.9 Å². The van der Waals surface area contributed by atoms with Gasteiger partial charge in [-0.15, -0.1) is 0 Å². The van der Waals surface area contributed by atoms with E-state index in [9.17, 15) is 4.79 Å². The monoisotopic (exact) mass is 360 g/mol. The maximum absolute atomic E-state index is 12.6.